The summed E-state index contributed by atoms with van der Waals surface area (Å²) in [5.41, 5.74) is 3.48. The predicted octanol–water partition coefficient (Wildman–Crippen LogP) is 3.03. The molecule has 2 aromatic rings. The topological polar surface area (TPSA) is 74.9 Å². The molecule has 1 saturated heterocycles. The Bertz CT molecular complexity index is 882. The van der Waals surface area contributed by atoms with Crippen LogP contribution in [0, 0.1) is 6.92 Å². The average Bonchev–Trinajstić information content (AvgIpc) is 3.09. The van der Waals surface area contributed by atoms with Crippen LogP contribution in [0.2, 0.25) is 0 Å². The van der Waals surface area contributed by atoms with Gasteiger partial charge in [0.2, 0.25) is 0 Å². The molecule has 7 nitrogen and oxygen atoms in total. The minimum Gasteiger partial charge on any atom is -0.495 e. The predicted molar refractivity (Wildman–Crippen MR) is 112 cm³/mol. The first-order chi connectivity index (χ1) is 14.0. The second kappa shape index (κ2) is 9.03. The molecule has 0 radical (unpaired) electrons. The fourth-order valence-electron chi connectivity index (χ4n) is 3.94. The third-order valence-electron chi connectivity index (χ3n) is 5.39. The first kappa shape index (κ1) is 20.8. The van der Waals surface area contributed by atoms with E-state index in [4.69, 9.17) is 9.47 Å². The molecule has 1 fully saturated rings. The summed E-state index contributed by atoms with van der Waals surface area (Å²) in [7, 11) is 3.03. The number of benzene rings is 1. The molecule has 1 aromatic heterocycles. The Labute approximate surface area is 171 Å². The Morgan fingerprint density at radius 2 is 1.79 bits per heavy atom. The lowest BCUT2D eigenvalue weighted by atomic mass is 10.0. The van der Waals surface area contributed by atoms with Crippen molar-refractivity contribution in [1.29, 1.82) is 0 Å². The van der Waals surface area contributed by atoms with Crippen molar-refractivity contribution in [2.24, 2.45) is 0 Å². The molecule has 0 saturated carbocycles. The molecular weight excluding hydrogens is 370 g/mol. The first-order valence-corrected chi connectivity index (χ1v) is 9.98. The molecular formula is C22H29N3O4. The third kappa shape index (κ3) is 4.09. The Kier molecular flexibility index (Phi) is 6.46. The van der Waals surface area contributed by atoms with Crippen molar-refractivity contribution in [1.82, 2.24) is 9.88 Å². The van der Waals surface area contributed by atoms with Crippen molar-refractivity contribution in [2.45, 2.75) is 26.7 Å². The normalized spacial score (nSPS) is 14.1. The van der Waals surface area contributed by atoms with Gasteiger partial charge in [0, 0.05) is 31.9 Å². The Hall–Kier alpha value is -2.96. The van der Waals surface area contributed by atoms with E-state index in [-0.39, 0.29) is 5.91 Å². The van der Waals surface area contributed by atoms with E-state index in [1.807, 2.05) is 43.0 Å². The summed E-state index contributed by atoms with van der Waals surface area (Å²) in [6.45, 7) is 6.49. The molecule has 156 valence electrons. The molecule has 2 heterocycles. The van der Waals surface area contributed by atoms with Gasteiger partial charge in [-0.1, -0.05) is 25.5 Å². The maximum Gasteiger partial charge on any atom is 0.339 e. The van der Waals surface area contributed by atoms with Crippen LogP contribution >= 0.6 is 0 Å². The molecule has 1 amide bonds. The SMILES string of the molecule is CCCc1c(C(=O)N2CCN(c3ccccc3OC)CC2)[nH]c(C)c1C(=O)OC. The van der Waals surface area contributed by atoms with Crippen LogP contribution in [0.3, 0.4) is 0 Å². The van der Waals surface area contributed by atoms with Gasteiger partial charge >= 0.3 is 5.97 Å². The number of hydrogen-bond donors (Lipinski definition) is 1. The van der Waals surface area contributed by atoms with Gasteiger partial charge in [-0.2, -0.15) is 0 Å². The number of aromatic nitrogens is 1. The van der Waals surface area contributed by atoms with Gasteiger partial charge in [0.1, 0.15) is 11.4 Å². The summed E-state index contributed by atoms with van der Waals surface area (Å²) in [5.74, 6) is 0.369. The lowest BCUT2D eigenvalue weighted by Gasteiger charge is -2.36. The van der Waals surface area contributed by atoms with E-state index in [9.17, 15) is 9.59 Å². The number of esters is 1. The standard InChI is InChI=1S/C22H29N3O4/c1-5-8-16-19(22(27)29-4)15(2)23-20(16)21(26)25-13-11-24(12-14-25)17-9-6-7-10-18(17)28-3/h6-7,9-10,23H,5,8,11-14H2,1-4H3. The summed E-state index contributed by atoms with van der Waals surface area (Å²) in [5, 5.41) is 0. The van der Waals surface area contributed by atoms with Gasteiger partial charge < -0.3 is 24.3 Å². The molecule has 7 heteroatoms. The molecule has 0 spiro atoms. The minimum absolute atomic E-state index is 0.0635. The molecule has 1 aliphatic heterocycles. The summed E-state index contributed by atoms with van der Waals surface area (Å²) < 4.78 is 10.4. The molecule has 3 rings (SSSR count). The van der Waals surface area contributed by atoms with Crippen molar-refractivity contribution >= 4 is 17.6 Å². The van der Waals surface area contributed by atoms with E-state index in [0.717, 1.165) is 36.5 Å². The highest BCUT2D eigenvalue weighted by Crippen LogP contribution is 2.29. The fraction of sp³-hybridized carbons (Fsp3) is 0.455. The Morgan fingerprint density at radius 3 is 2.41 bits per heavy atom. The lowest BCUT2D eigenvalue weighted by Crippen LogP contribution is -2.49. The number of amides is 1. The van der Waals surface area contributed by atoms with E-state index in [1.165, 1.54) is 7.11 Å². The summed E-state index contributed by atoms with van der Waals surface area (Å²) in [6, 6.07) is 7.92. The Balaban J connectivity index is 1.78. The number of carbonyl (C=O) groups excluding carboxylic acids is 2. The van der Waals surface area contributed by atoms with Gasteiger partial charge in [-0.15, -0.1) is 0 Å². The zero-order valence-electron chi connectivity index (χ0n) is 17.6. The number of hydrogen-bond acceptors (Lipinski definition) is 5. The number of piperazine rings is 1. The van der Waals surface area contributed by atoms with Gasteiger partial charge in [0.05, 0.1) is 25.5 Å². The smallest absolute Gasteiger partial charge is 0.339 e. The minimum atomic E-state index is -0.401. The van der Waals surface area contributed by atoms with E-state index in [2.05, 4.69) is 9.88 Å². The molecule has 0 bridgehead atoms. The number of nitrogens with zero attached hydrogens (tertiary/aromatic N) is 2. The van der Waals surface area contributed by atoms with Crippen LogP contribution in [-0.2, 0) is 11.2 Å². The molecule has 0 unspecified atom stereocenters. The second-order valence-electron chi connectivity index (χ2n) is 7.17. The quantitative estimate of drug-likeness (QED) is 0.756. The van der Waals surface area contributed by atoms with Crippen LogP contribution < -0.4 is 9.64 Å². The highest BCUT2D eigenvalue weighted by molar-refractivity contribution is 6.00. The summed E-state index contributed by atoms with van der Waals surface area (Å²) in [4.78, 5) is 32.7. The van der Waals surface area contributed by atoms with Crippen molar-refractivity contribution < 1.29 is 19.1 Å². The third-order valence-corrected chi connectivity index (χ3v) is 5.39. The van der Waals surface area contributed by atoms with Crippen LogP contribution in [0.15, 0.2) is 24.3 Å². The number of aromatic amines is 1. The maximum absolute atomic E-state index is 13.2. The first-order valence-electron chi connectivity index (χ1n) is 9.98. The fourth-order valence-corrected chi connectivity index (χ4v) is 3.94. The number of ether oxygens (including phenoxy) is 2. The van der Waals surface area contributed by atoms with Crippen molar-refractivity contribution in [2.75, 3.05) is 45.3 Å². The monoisotopic (exact) mass is 399 g/mol. The largest absolute Gasteiger partial charge is 0.495 e. The molecule has 1 aromatic carbocycles. The van der Waals surface area contributed by atoms with E-state index in [1.54, 1.807) is 7.11 Å². The number of para-hydroxylation sites is 2. The highest BCUT2D eigenvalue weighted by Gasteiger charge is 2.29. The van der Waals surface area contributed by atoms with Crippen molar-refractivity contribution in [3.8, 4) is 5.75 Å². The van der Waals surface area contributed by atoms with E-state index >= 15 is 0 Å². The van der Waals surface area contributed by atoms with Crippen molar-refractivity contribution in [3.05, 3.63) is 46.8 Å². The second-order valence-corrected chi connectivity index (χ2v) is 7.17. The van der Waals surface area contributed by atoms with E-state index < -0.39 is 5.97 Å². The number of H-pyrrole nitrogens is 1. The molecule has 1 aliphatic rings. The zero-order valence-corrected chi connectivity index (χ0v) is 17.6. The molecule has 0 atom stereocenters. The number of nitrogens with one attached hydrogen (secondary N) is 1. The Morgan fingerprint density at radius 1 is 1.10 bits per heavy atom. The highest BCUT2D eigenvalue weighted by atomic mass is 16.5. The molecule has 29 heavy (non-hydrogen) atoms. The number of aryl methyl sites for hydroxylation is 1. The van der Waals surface area contributed by atoms with E-state index in [0.29, 0.717) is 36.5 Å². The maximum atomic E-state index is 13.2. The van der Waals surface area contributed by atoms with Gasteiger partial charge in [-0.05, 0) is 31.0 Å². The van der Waals surface area contributed by atoms with Gasteiger partial charge in [0.15, 0.2) is 0 Å². The average molecular weight is 399 g/mol. The van der Waals surface area contributed by atoms with Crippen LogP contribution in [0.1, 0.15) is 45.4 Å². The zero-order chi connectivity index (χ0) is 21.0. The number of methoxy groups -OCH3 is 2. The summed E-state index contributed by atoms with van der Waals surface area (Å²) in [6.07, 6.45) is 1.49. The van der Waals surface area contributed by atoms with Gasteiger partial charge in [-0.25, -0.2) is 4.79 Å². The molecule has 0 aliphatic carbocycles. The lowest BCUT2D eigenvalue weighted by molar-refractivity contribution is 0.0599. The van der Waals surface area contributed by atoms with Crippen molar-refractivity contribution in [3.63, 3.8) is 0 Å². The number of rotatable bonds is 6. The number of carbonyl (C=O) groups is 2. The van der Waals surface area contributed by atoms with Gasteiger partial charge in [0.25, 0.3) is 5.91 Å². The molecule has 1 N–H and O–H groups in total. The van der Waals surface area contributed by atoms with Crippen LogP contribution in [0.5, 0.6) is 5.75 Å². The van der Waals surface area contributed by atoms with Crippen LogP contribution in [0.4, 0.5) is 5.69 Å². The van der Waals surface area contributed by atoms with Crippen LogP contribution in [-0.4, -0.2) is 62.2 Å². The van der Waals surface area contributed by atoms with Crippen LogP contribution in [0.25, 0.3) is 0 Å². The number of anilines is 1. The summed E-state index contributed by atoms with van der Waals surface area (Å²) >= 11 is 0. The van der Waals surface area contributed by atoms with Gasteiger partial charge in [-0.3, -0.25) is 4.79 Å².